The number of sulfone groups is 1. The zero-order valence-electron chi connectivity index (χ0n) is 8.69. The van der Waals surface area contributed by atoms with E-state index in [-0.39, 0.29) is 17.6 Å². The van der Waals surface area contributed by atoms with Crippen molar-refractivity contribution in [2.75, 3.05) is 25.1 Å². The van der Waals surface area contributed by atoms with Gasteiger partial charge in [-0.25, -0.2) is 8.42 Å². The highest BCUT2D eigenvalue weighted by atomic mass is 32.2. The lowest BCUT2D eigenvalue weighted by Gasteiger charge is -2.32. The highest BCUT2D eigenvalue weighted by Crippen LogP contribution is 2.13. The van der Waals surface area contributed by atoms with Crippen molar-refractivity contribution >= 4 is 15.6 Å². The van der Waals surface area contributed by atoms with Gasteiger partial charge in [0.15, 0.2) is 0 Å². The molecule has 82 valence electrons. The van der Waals surface area contributed by atoms with Crippen LogP contribution in [0.3, 0.4) is 0 Å². The van der Waals surface area contributed by atoms with Crippen LogP contribution in [-0.2, 0) is 14.6 Å². The third-order valence-corrected chi connectivity index (χ3v) is 3.50. The number of nitrogens with zero attached hydrogens (tertiary/aromatic N) is 1. The molecule has 0 spiro atoms. The predicted octanol–water partition coefficient (Wildman–Crippen LogP) is 0.0844. The molecule has 0 aromatic rings. The minimum Gasteiger partial charge on any atom is -0.300 e. The summed E-state index contributed by atoms with van der Waals surface area (Å²) in [6.07, 6.45) is 2.37. The van der Waals surface area contributed by atoms with Gasteiger partial charge in [-0.3, -0.25) is 9.69 Å². The summed E-state index contributed by atoms with van der Waals surface area (Å²) < 4.78 is 21.9. The molecule has 1 atom stereocenters. The number of rotatable bonds is 3. The molecule has 0 saturated carbocycles. The van der Waals surface area contributed by atoms with Gasteiger partial charge in [0.25, 0.3) is 0 Å². The van der Waals surface area contributed by atoms with Gasteiger partial charge < -0.3 is 0 Å². The molecule has 0 aromatic heterocycles. The molecule has 5 heteroatoms. The van der Waals surface area contributed by atoms with Crippen LogP contribution in [0.25, 0.3) is 0 Å². The number of Topliss-reactive ketones (excluding diaryl/α,β-unsaturated/α-hetero) is 1. The molecule has 14 heavy (non-hydrogen) atoms. The van der Waals surface area contributed by atoms with Crippen LogP contribution in [0, 0.1) is 0 Å². The first-order valence-corrected chi connectivity index (χ1v) is 6.88. The fourth-order valence-electron chi connectivity index (χ4n) is 1.66. The van der Waals surface area contributed by atoms with E-state index in [1.165, 1.54) is 6.26 Å². The average Bonchev–Trinajstić information content (AvgIpc) is 2.00. The summed E-state index contributed by atoms with van der Waals surface area (Å²) in [6, 6.07) is 0.193. The number of hydrogen-bond donors (Lipinski definition) is 0. The van der Waals surface area contributed by atoms with Gasteiger partial charge in [-0.2, -0.15) is 0 Å². The van der Waals surface area contributed by atoms with E-state index >= 15 is 0 Å². The standard InChI is InChI=1S/C9H17NO3S/c1-8-7-9(11)3-4-10(8)5-6-14(2,12)13/h8H,3-7H2,1-2H3. The maximum atomic E-state index is 11.1. The van der Waals surface area contributed by atoms with Crippen LogP contribution >= 0.6 is 0 Å². The number of piperidine rings is 1. The fourth-order valence-corrected chi connectivity index (χ4v) is 2.23. The van der Waals surface area contributed by atoms with Crippen molar-refractivity contribution in [1.29, 1.82) is 0 Å². The zero-order chi connectivity index (χ0) is 10.8. The molecule has 1 aliphatic rings. The highest BCUT2D eigenvalue weighted by Gasteiger charge is 2.23. The minimum absolute atomic E-state index is 0.186. The predicted molar refractivity (Wildman–Crippen MR) is 55.0 cm³/mol. The Labute approximate surface area is 85.2 Å². The Balaban J connectivity index is 2.42. The molecule has 4 nitrogen and oxygen atoms in total. The second-order valence-corrected chi connectivity index (χ2v) is 6.27. The van der Waals surface area contributed by atoms with E-state index in [0.29, 0.717) is 25.9 Å². The van der Waals surface area contributed by atoms with Crippen LogP contribution in [0.5, 0.6) is 0 Å². The number of ketones is 1. The maximum Gasteiger partial charge on any atom is 0.148 e. The Morgan fingerprint density at radius 3 is 2.64 bits per heavy atom. The Hall–Kier alpha value is -0.420. The molecule has 0 bridgehead atoms. The van der Waals surface area contributed by atoms with Crippen molar-refractivity contribution in [1.82, 2.24) is 4.90 Å². The topological polar surface area (TPSA) is 54.5 Å². The van der Waals surface area contributed by atoms with Crippen LogP contribution in [0.15, 0.2) is 0 Å². The molecular weight excluding hydrogens is 202 g/mol. The molecule has 0 aliphatic carbocycles. The smallest absolute Gasteiger partial charge is 0.148 e. The first-order chi connectivity index (χ1) is 6.38. The zero-order valence-corrected chi connectivity index (χ0v) is 9.51. The molecule has 0 N–H and O–H groups in total. The second kappa shape index (κ2) is 4.40. The van der Waals surface area contributed by atoms with Crippen LogP contribution in [-0.4, -0.2) is 50.2 Å². The SMILES string of the molecule is CC1CC(=O)CCN1CCS(C)(=O)=O. The summed E-state index contributed by atoms with van der Waals surface area (Å²) in [6.45, 7) is 3.22. The molecule has 1 unspecified atom stereocenters. The first kappa shape index (κ1) is 11.7. The van der Waals surface area contributed by atoms with Crippen LogP contribution in [0.2, 0.25) is 0 Å². The third kappa shape index (κ3) is 3.75. The Kier molecular flexibility index (Phi) is 3.66. The van der Waals surface area contributed by atoms with Crippen molar-refractivity contribution in [3.05, 3.63) is 0 Å². The number of carbonyl (C=O) groups is 1. The van der Waals surface area contributed by atoms with Crippen molar-refractivity contribution < 1.29 is 13.2 Å². The Morgan fingerprint density at radius 2 is 2.14 bits per heavy atom. The van der Waals surface area contributed by atoms with E-state index < -0.39 is 9.84 Å². The van der Waals surface area contributed by atoms with Gasteiger partial charge in [0, 0.05) is 38.2 Å². The Bertz CT molecular complexity index is 310. The van der Waals surface area contributed by atoms with E-state index in [1.807, 2.05) is 6.92 Å². The normalized spacial score (nSPS) is 25.3. The summed E-state index contributed by atoms with van der Waals surface area (Å²) in [5.41, 5.74) is 0. The summed E-state index contributed by atoms with van der Waals surface area (Å²) >= 11 is 0. The average molecular weight is 219 g/mol. The summed E-state index contributed by atoms with van der Waals surface area (Å²) in [7, 11) is -2.89. The van der Waals surface area contributed by atoms with Crippen LogP contribution in [0.1, 0.15) is 19.8 Å². The lowest BCUT2D eigenvalue weighted by atomic mass is 10.0. The van der Waals surface area contributed by atoms with E-state index in [2.05, 4.69) is 4.90 Å². The highest BCUT2D eigenvalue weighted by molar-refractivity contribution is 7.90. The molecular formula is C9H17NO3S. The van der Waals surface area contributed by atoms with Gasteiger partial charge in [0.05, 0.1) is 5.75 Å². The first-order valence-electron chi connectivity index (χ1n) is 4.82. The quantitative estimate of drug-likeness (QED) is 0.675. The lowest BCUT2D eigenvalue weighted by Crippen LogP contribution is -2.43. The van der Waals surface area contributed by atoms with Crippen molar-refractivity contribution in [2.24, 2.45) is 0 Å². The van der Waals surface area contributed by atoms with E-state index in [1.54, 1.807) is 0 Å². The summed E-state index contributed by atoms with van der Waals surface area (Å²) in [4.78, 5) is 13.1. The van der Waals surface area contributed by atoms with Gasteiger partial charge in [-0.05, 0) is 6.92 Å². The van der Waals surface area contributed by atoms with Crippen molar-refractivity contribution in [3.63, 3.8) is 0 Å². The molecule has 1 fully saturated rings. The molecule has 1 aliphatic heterocycles. The summed E-state index contributed by atoms with van der Waals surface area (Å²) in [5, 5.41) is 0. The van der Waals surface area contributed by atoms with E-state index in [0.717, 1.165) is 0 Å². The fraction of sp³-hybridized carbons (Fsp3) is 0.889. The van der Waals surface area contributed by atoms with Crippen LogP contribution in [0.4, 0.5) is 0 Å². The van der Waals surface area contributed by atoms with Crippen molar-refractivity contribution in [3.8, 4) is 0 Å². The minimum atomic E-state index is -2.89. The number of likely N-dealkylation sites (tertiary alicyclic amines) is 1. The summed E-state index contributed by atoms with van der Waals surface area (Å²) in [5.74, 6) is 0.471. The molecule has 1 heterocycles. The lowest BCUT2D eigenvalue weighted by molar-refractivity contribution is -0.122. The van der Waals surface area contributed by atoms with Gasteiger partial charge in [0.1, 0.15) is 15.6 Å². The largest absolute Gasteiger partial charge is 0.300 e. The van der Waals surface area contributed by atoms with Crippen LogP contribution < -0.4 is 0 Å². The molecule has 1 rings (SSSR count). The maximum absolute atomic E-state index is 11.1. The molecule has 0 amide bonds. The molecule has 0 radical (unpaired) electrons. The van der Waals surface area contributed by atoms with Gasteiger partial charge in [0.2, 0.25) is 0 Å². The van der Waals surface area contributed by atoms with Gasteiger partial charge >= 0.3 is 0 Å². The van der Waals surface area contributed by atoms with Crippen molar-refractivity contribution in [2.45, 2.75) is 25.8 Å². The van der Waals surface area contributed by atoms with E-state index in [9.17, 15) is 13.2 Å². The number of carbonyl (C=O) groups excluding carboxylic acids is 1. The van der Waals surface area contributed by atoms with Gasteiger partial charge in [-0.1, -0.05) is 0 Å². The van der Waals surface area contributed by atoms with Gasteiger partial charge in [-0.15, -0.1) is 0 Å². The monoisotopic (exact) mass is 219 g/mol. The molecule has 1 saturated heterocycles. The number of hydrogen-bond acceptors (Lipinski definition) is 4. The molecule has 0 aromatic carbocycles. The third-order valence-electron chi connectivity index (χ3n) is 2.57. The Morgan fingerprint density at radius 1 is 1.50 bits per heavy atom. The van der Waals surface area contributed by atoms with E-state index in [4.69, 9.17) is 0 Å². The second-order valence-electron chi connectivity index (χ2n) is 4.01.